The lowest BCUT2D eigenvalue weighted by Gasteiger charge is -2.02. The van der Waals surface area contributed by atoms with Crippen LogP contribution in [-0.2, 0) is 13.2 Å². The van der Waals surface area contributed by atoms with Gasteiger partial charge in [0.2, 0.25) is 5.88 Å². The summed E-state index contributed by atoms with van der Waals surface area (Å²) in [6.07, 6.45) is 1.68. The summed E-state index contributed by atoms with van der Waals surface area (Å²) >= 11 is 0. The van der Waals surface area contributed by atoms with E-state index < -0.39 is 0 Å². The second-order valence-electron chi connectivity index (χ2n) is 3.24. The third kappa shape index (κ3) is 2.34. The number of methoxy groups -OCH3 is 1. The van der Waals surface area contributed by atoms with E-state index in [9.17, 15) is 0 Å². The number of pyridine rings is 1. The van der Waals surface area contributed by atoms with E-state index in [1.807, 2.05) is 12.1 Å². The van der Waals surface area contributed by atoms with E-state index in [4.69, 9.17) is 9.84 Å². The number of ether oxygens (including phenoxy) is 1. The van der Waals surface area contributed by atoms with Crippen molar-refractivity contribution in [2.45, 2.75) is 13.2 Å². The van der Waals surface area contributed by atoms with E-state index in [2.05, 4.69) is 15.3 Å². The van der Waals surface area contributed by atoms with Gasteiger partial charge in [-0.1, -0.05) is 11.3 Å². The molecule has 2 rings (SSSR count). The van der Waals surface area contributed by atoms with E-state index in [1.54, 1.807) is 24.1 Å². The highest BCUT2D eigenvalue weighted by atomic mass is 16.5. The summed E-state index contributed by atoms with van der Waals surface area (Å²) in [7, 11) is 1.57. The van der Waals surface area contributed by atoms with Gasteiger partial charge >= 0.3 is 0 Å². The molecule has 0 bridgehead atoms. The first kappa shape index (κ1) is 10.6. The van der Waals surface area contributed by atoms with Crippen LogP contribution >= 0.6 is 0 Å². The van der Waals surface area contributed by atoms with Gasteiger partial charge in [-0.2, -0.15) is 0 Å². The molecule has 2 aromatic rings. The van der Waals surface area contributed by atoms with Crippen molar-refractivity contribution in [3.8, 4) is 5.88 Å². The number of rotatable bonds is 4. The highest BCUT2D eigenvalue weighted by Gasteiger charge is 2.02. The van der Waals surface area contributed by atoms with Crippen LogP contribution in [0.25, 0.3) is 0 Å². The molecule has 2 aromatic heterocycles. The SMILES string of the molecule is COc1cccc(Cn2cc(CO)nn2)n1. The van der Waals surface area contributed by atoms with Gasteiger partial charge in [-0.25, -0.2) is 9.67 Å². The second kappa shape index (κ2) is 4.71. The number of aliphatic hydroxyl groups is 1. The fraction of sp³-hybridized carbons (Fsp3) is 0.300. The van der Waals surface area contributed by atoms with Crippen LogP contribution in [0.15, 0.2) is 24.4 Å². The maximum atomic E-state index is 8.85. The van der Waals surface area contributed by atoms with Crippen LogP contribution in [0.1, 0.15) is 11.4 Å². The Hall–Kier alpha value is -1.95. The lowest BCUT2D eigenvalue weighted by molar-refractivity contribution is 0.276. The zero-order valence-electron chi connectivity index (χ0n) is 8.87. The van der Waals surface area contributed by atoms with Gasteiger partial charge in [0.25, 0.3) is 0 Å². The van der Waals surface area contributed by atoms with Gasteiger partial charge in [0.1, 0.15) is 5.69 Å². The number of aromatic nitrogens is 4. The molecule has 0 amide bonds. The summed E-state index contributed by atoms with van der Waals surface area (Å²) in [4.78, 5) is 4.25. The topological polar surface area (TPSA) is 73.1 Å². The fourth-order valence-corrected chi connectivity index (χ4v) is 1.31. The zero-order valence-corrected chi connectivity index (χ0v) is 8.87. The van der Waals surface area contributed by atoms with Crippen LogP contribution in [0.4, 0.5) is 0 Å². The molecule has 0 spiro atoms. The van der Waals surface area contributed by atoms with Crippen molar-refractivity contribution in [3.05, 3.63) is 35.8 Å². The number of aliphatic hydroxyl groups excluding tert-OH is 1. The molecule has 0 aliphatic heterocycles. The highest BCUT2D eigenvalue weighted by Crippen LogP contribution is 2.07. The molecule has 0 radical (unpaired) electrons. The molecule has 0 atom stereocenters. The number of nitrogens with zero attached hydrogens (tertiary/aromatic N) is 4. The number of hydrogen-bond donors (Lipinski definition) is 1. The van der Waals surface area contributed by atoms with Crippen molar-refractivity contribution in [1.29, 1.82) is 0 Å². The largest absolute Gasteiger partial charge is 0.481 e. The van der Waals surface area contributed by atoms with Crippen molar-refractivity contribution >= 4 is 0 Å². The summed E-state index contributed by atoms with van der Waals surface area (Å²) in [6, 6.07) is 5.53. The quantitative estimate of drug-likeness (QED) is 0.798. The summed E-state index contributed by atoms with van der Waals surface area (Å²) in [5.41, 5.74) is 1.37. The van der Waals surface area contributed by atoms with Crippen LogP contribution in [0.3, 0.4) is 0 Å². The molecule has 0 saturated carbocycles. The van der Waals surface area contributed by atoms with E-state index in [-0.39, 0.29) is 6.61 Å². The normalized spacial score (nSPS) is 10.4. The van der Waals surface area contributed by atoms with Gasteiger partial charge in [0, 0.05) is 6.07 Å². The monoisotopic (exact) mass is 220 g/mol. The molecule has 6 nitrogen and oxygen atoms in total. The molecule has 16 heavy (non-hydrogen) atoms. The third-order valence-electron chi connectivity index (χ3n) is 2.06. The lowest BCUT2D eigenvalue weighted by atomic mass is 10.3. The highest BCUT2D eigenvalue weighted by molar-refractivity contribution is 5.15. The molecule has 84 valence electrons. The Labute approximate surface area is 92.5 Å². The van der Waals surface area contributed by atoms with Crippen molar-refractivity contribution in [2.24, 2.45) is 0 Å². The zero-order chi connectivity index (χ0) is 11.4. The third-order valence-corrected chi connectivity index (χ3v) is 2.06. The van der Waals surface area contributed by atoms with Crippen molar-refractivity contribution in [2.75, 3.05) is 7.11 Å². The summed E-state index contributed by atoms with van der Waals surface area (Å²) in [5.74, 6) is 0.569. The molecule has 1 N–H and O–H groups in total. The van der Waals surface area contributed by atoms with Crippen LogP contribution < -0.4 is 4.74 Å². The first-order chi connectivity index (χ1) is 7.81. The Bertz CT molecular complexity index is 469. The summed E-state index contributed by atoms with van der Waals surface area (Å²) in [6.45, 7) is 0.399. The van der Waals surface area contributed by atoms with Crippen molar-refractivity contribution in [3.63, 3.8) is 0 Å². The average molecular weight is 220 g/mol. The summed E-state index contributed by atoms with van der Waals surface area (Å²) < 4.78 is 6.64. The van der Waals surface area contributed by atoms with Crippen LogP contribution in [0.2, 0.25) is 0 Å². The summed E-state index contributed by atoms with van der Waals surface area (Å²) in [5, 5.41) is 16.5. The van der Waals surface area contributed by atoms with Gasteiger partial charge in [-0.15, -0.1) is 5.10 Å². The molecule has 0 aliphatic rings. The Morgan fingerprint density at radius 2 is 2.25 bits per heavy atom. The molecular weight excluding hydrogens is 208 g/mol. The van der Waals surface area contributed by atoms with Gasteiger partial charge in [0.15, 0.2) is 0 Å². The standard InChI is InChI=1S/C10H12N4O2/c1-16-10-4-2-3-8(11-10)5-14-6-9(7-15)12-13-14/h2-4,6,15H,5,7H2,1H3. The molecular formula is C10H12N4O2. The van der Waals surface area contributed by atoms with Gasteiger partial charge in [-0.05, 0) is 6.07 Å². The maximum Gasteiger partial charge on any atom is 0.213 e. The molecule has 0 aromatic carbocycles. The first-order valence-corrected chi connectivity index (χ1v) is 4.81. The first-order valence-electron chi connectivity index (χ1n) is 4.81. The molecule has 0 saturated heterocycles. The molecule has 0 aliphatic carbocycles. The Morgan fingerprint density at radius 3 is 2.94 bits per heavy atom. The fourth-order valence-electron chi connectivity index (χ4n) is 1.31. The van der Waals surface area contributed by atoms with Crippen LogP contribution in [0, 0.1) is 0 Å². The minimum Gasteiger partial charge on any atom is -0.481 e. The van der Waals surface area contributed by atoms with E-state index in [0.29, 0.717) is 18.1 Å². The second-order valence-corrected chi connectivity index (χ2v) is 3.24. The van der Waals surface area contributed by atoms with Gasteiger partial charge in [0.05, 0.1) is 32.2 Å². The van der Waals surface area contributed by atoms with E-state index >= 15 is 0 Å². The Kier molecular flexibility index (Phi) is 3.11. The molecule has 0 fully saturated rings. The van der Waals surface area contributed by atoms with Crippen molar-refractivity contribution < 1.29 is 9.84 Å². The molecule has 0 unspecified atom stereocenters. The Balaban J connectivity index is 2.13. The molecule has 2 heterocycles. The minimum absolute atomic E-state index is 0.106. The predicted octanol–water partition coefficient (Wildman–Crippen LogP) is 0.222. The predicted molar refractivity (Wildman–Crippen MR) is 55.8 cm³/mol. The minimum atomic E-state index is -0.106. The lowest BCUT2D eigenvalue weighted by Crippen LogP contribution is -2.03. The van der Waals surface area contributed by atoms with Crippen LogP contribution in [0.5, 0.6) is 5.88 Å². The maximum absolute atomic E-state index is 8.85. The van der Waals surface area contributed by atoms with Gasteiger partial charge < -0.3 is 9.84 Å². The van der Waals surface area contributed by atoms with Crippen molar-refractivity contribution in [1.82, 2.24) is 20.0 Å². The smallest absolute Gasteiger partial charge is 0.213 e. The Morgan fingerprint density at radius 1 is 1.38 bits per heavy atom. The van der Waals surface area contributed by atoms with E-state index in [1.165, 1.54) is 0 Å². The van der Waals surface area contributed by atoms with E-state index in [0.717, 1.165) is 5.69 Å². The average Bonchev–Trinajstić information content (AvgIpc) is 2.77. The number of hydrogen-bond acceptors (Lipinski definition) is 5. The molecule has 6 heteroatoms. The van der Waals surface area contributed by atoms with Crippen LogP contribution in [-0.4, -0.2) is 32.2 Å². The van der Waals surface area contributed by atoms with Gasteiger partial charge in [-0.3, -0.25) is 0 Å².